The summed E-state index contributed by atoms with van der Waals surface area (Å²) in [6, 6.07) is 87.4. The van der Waals surface area contributed by atoms with Gasteiger partial charge in [-0.2, -0.15) is 5.26 Å². The van der Waals surface area contributed by atoms with Crippen LogP contribution in [-0.4, -0.2) is 171 Å². The molecule has 3 fully saturated rings. The first-order valence-electron chi connectivity index (χ1n) is 43.7. The number of rotatable bonds is 35. The summed E-state index contributed by atoms with van der Waals surface area (Å²) in [6.45, 7) is 11.0. The van der Waals surface area contributed by atoms with Crippen molar-refractivity contribution in [2.45, 2.75) is 138 Å². The molecule has 21 heteroatoms. The van der Waals surface area contributed by atoms with Crippen molar-refractivity contribution in [3.05, 3.63) is 346 Å². The van der Waals surface area contributed by atoms with Crippen LogP contribution in [0, 0.1) is 23.0 Å². The fraction of sp³-hybridized carbons (Fsp3) is 0.330. The molecule has 13 rings (SSSR count). The van der Waals surface area contributed by atoms with E-state index in [4.69, 9.17) is 16.7 Å². The minimum Gasteiger partial charge on any atom is -0.351 e. The lowest BCUT2D eigenvalue weighted by Gasteiger charge is -2.29. The Bertz CT molecular complexity index is 4970. The molecule has 0 aliphatic carbocycles. The highest BCUT2D eigenvalue weighted by molar-refractivity contribution is 5.99. The molecule has 6 amide bonds. The quantitative estimate of drug-likeness (QED) is 0.0132. The Balaban J connectivity index is 0.000000181. The van der Waals surface area contributed by atoms with Crippen molar-refractivity contribution < 1.29 is 37.5 Å². The summed E-state index contributed by atoms with van der Waals surface area (Å²) in [5.41, 5.74) is 20.8. The average Bonchev–Trinajstić information content (AvgIpc) is 1.39. The van der Waals surface area contributed by atoms with Gasteiger partial charge in [0, 0.05) is 130 Å². The first-order valence-corrected chi connectivity index (χ1v) is 43.7. The van der Waals surface area contributed by atoms with Crippen LogP contribution in [-0.2, 0) is 24.0 Å². The Kier molecular flexibility index (Phi) is 36.8. The number of unbranched alkanes of at least 4 members (excludes halogenated alkanes) is 1. The highest BCUT2D eigenvalue weighted by Crippen LogP contribution is 2.32. The zero-order valence-corrected chi connectivity index (χ0v) is 71.2. The summed E-state index contributed by atoms with van der Waals surface area (Å²) in [7, 11) is 0. The van der Waals surface area contributed by atoms with E-state index in [9.17, 15) is 37.5 Å². The molecule has 3 aliphatic rings. The van der Waals surface area contributed by atoms with Crippen LogP contribution in [0.5, 0.6) is 0 Å². The molecule has 124 heavy (non-hydrogen) atoms. The molecule has 0 unspecified atom stereocenters. The number of nitrogens with zero attached hydrogens (tertiary/aromatic N) is 4. The average molecular weight is 1670 g/mol. The molecule has 0 aromatic heterocycles. The molecule has 0 saturated carbocycles. The maximum absolute atomic E-state index is 14.1. The SMILES string of the molecule is CC(C)NCCCC[C@@H]1N[C@H](CNC(=O)c2ccc3ccccc3c2)CCN(CC(c2ccccc2)c2ccccc2)C1=O.N#Cc1ccc(/C=C/C(=O)NC[C@@H]2CCN(CC(c3ccccc3)c3ccccc3)C(=O)[C@H](CCCN)N2)cc1.NCCC[C@@H]1N[C@H](CNC(=O)/C=C/c2ccc(F)cc2F)CCN(CC(c2ccccc2)c2ccccc2)C1=O. The lowest BCUT2D eigenvalue weighted by molar-refractivity contribution is -0.133. The van der Waals surface area contributed by atoms with Crippen molar-refractivity contribution >= 4 is 58.4 Å². The Morgan fingerprint density at radius 2 is 0.831 bits per heavy atom. The van der Waals surface area contributed by atoms with Gasteiger partial charge < -0.3 is 63.4 Å². The minimum absolute atomic E-state index is 0.000883. The Hall–Kier alpha value is -12.1. The van der Waals surface area contributed by atoms with Gasteiger partial charge in [-0.15, -0.1) is 0 Å². The molecule has 10 aromatic rings. The molecular weight excluding hydrogens is 1550 g/mol. The van der Waals surface area contributed by atoms with Gasteiger partial charge in [0.25, 0.3) is 5.91 Å². The lowest BCUT2D eigenvalue weighted by atomic mass is 9.90. The van der Waals surface area contributed by atoms with Gasteiger partial charge in [-0.05, 0) is 176 Å². The Labute approximate surface area is 729 Å². The molecule has 3 saturated heterocycles. The van der Waals surface area contributed by atoms with E-state index in [1.807, 2.05) is 131 Å². The summed E-state index contributed by atoms with van der Waals surface area (Å²) in [5, 5.41) is 34.2. The molecule has 0 bridgehead atoms. The third-order valence-electron chi connectivity index (χ3n) is 23.1. The lowest BCUT2D eigenvalue weighted by Crippen LogP contribution is -2.49. The molecule has 19 nitrogen and oxygen atoms in total. The number of hydrogen-bond acceptors (Lipinski definition) is 13. The number of amides is 6. The van der Waals surface area contributed by atoms with E-state index in [1.165, 1.54) is 46.5 Å². The maximum atomic E-state index is 14.1. The Morgan fingerprint density at radius 1 is 0.452 bits per heavy atom. The number of nitrogens with two attached hydrogens (primary N) is 2. The van der Waals surface area contributed by atoms with Crippen LogP contribution in [0.1, 0.15) is 156 Å². The van der Waals surface area contributed by atoms with Gasteiger partial charge in [0.2, 0.25) is 29.5 Å². The van der Waals surface area contributed by atoms with Crippen molar-refractivity contribution in [3.63, 3.8) is 0 Å². The number of nitriles is 1. The van der Waals surface area contributed by atoms with E-state index in [2.05, 4.69) is 165 Å². The van der Waals surface area contributed by atoms with Crippen LogP contribution in [0.15, 0.2) is 279 Å². The number of carbonyl (C=O) groups excluding carboxylic acids is 6. The largest absolute Gasteiger partial charge is 0.351 e. The van der Waals surface area contributed by atoms with Crippen molar-refractivity contribution in [1.29, 1.82) is 5.26 Å². The van der Waals surface area contributed by atoms with E-state index in [0.29, 0.717) is 115 Å². The van der Waals surface area contributed by atoms with Crippen molar-refractivity contribution in [2.75, 3.05) is 78.5 Å². The van der Waals surface area contributed by atoms with E-state index in [0.717, 1.165) is 84.7 Å². The zero-order chi connectivity index (χ0) is 87.2. The van der Waals surface area contributed by atoms with Crippen LogP contribution in [0.4, 0.5) is 8.78 Å². The third kappa shape index (κ3) is 28.7. The summed E-state index contributed by atoms with van der Waals surface area (Å²) >= 11 is 0. The van der Waals surface area contributed by atoms with Crippen LogP contribution >= 0.6 is 0 Å². The summed E-state index contributed by atoms with van der Waals surface area (Å²) in [6.07, 6.45) is 13.3. The van der Waals surface area contributed by atoms with E-state index < -0.39 is 23.6 Å². The topological polar surface area (TPSA) is 272 Å². The smallest absolute Gasteiger partial charge is 0.251 e. The normalized spacial score (nSPS) is 17.5. The third-order valence-corrected chi connectivity index (χ3v) is 23.1. The van der Waals surface area contributed by atoms with Crippen molar-refractivity contribution in [2.24, 2.45) is 11.5 Å². The zero-order valence-electron chi connectivity index (χ0n) is 71.2. The fourth-order valence-corrected chi connectivity index (χ4v) is 16.2. The van der Waals surface area contributed by atoms with E-state index >= 15 is 0 Å². The fourth-order valence-electron chi connectivity index (χ4n) is 16.2. The minimum atomic E-state index is -0.736. The molecule has 10 aromatic carbocycles. The molecule has 3 aliphatic heterocycles. The van der Waals surface area contributed by atoms with Crippen molar-refractivity contribution in [3.8, 4) is 6.07 Å². The van der Waals surface area contributed by atoms with Crippen LogP contribution < -0.4 is 48.7 Å². The van der Waals surface area contributed by atoms with Gasteiger partial charge in [0.05, 0.1) is 29.8 Å². The summed E-state index contributed by atoms with van der Waals surface area (Å²) in [5.74, 6) is -1.66. The number of nitrogens with one attached hydrogen (secondary N) is 7. The standard InChI is InChI=1S/C38H46N4O2.C33H37N5O2.C32H36F2N4O2/c1-28(2)39-23-12-11-19-36-38(44)42(27-35(30-14-5-3-6-15-30)31-16-7-4-8-17-31)24-22-34(41-36)26-40-37(43)33-21-20-29-13-9-10-18-32(29)25-33;34-20-7-12-31-33(40)38(24-30(27-8-3-1-4-9-27)28-10-5-2-6-11-28)21-19-29(37-31)23-36-32(39)18-17-25-13-15-26(22-35)16-14-25;33-26-15-13-25(29(34)20-26)14-16-31(39)36-21-27-17-19-38(32(40)30(37-27)12-7-18-35)22-28(23-8-3-1-4-9-23)24-10-5-2-6-11-24/h3-10,13-18,20-21,25,28,34-36,39,41H,11-12,19,22-24,26-27H2,1-2H3,(H,40,43);1-6,8-11,13-18,29-31,37H,7,12,19-21,23-24,34H2,(H,36,39);1-6,8-11,13-16,20,27-28,30,37H,7,12,17-19,21-22,35H2,(H,36,39)/b;18-17+;16-14+/t34-,36-;29-,31-;27-,30-/m000/s1. The van der Waals surface area contributed by atoms with Crippen LogP contribution in [0.3, 0.4) is 0 Å². The second-order valence-electron chi connectivity index (χ2n) is 32.4. The van der Waals surface area contributed by atoms with Crippen LogP contribution in [0.25, 0.3) is 22.9 Å². The number of carbonyl (C=O) groups is 6. The van der Waals surface area contributed by atoms with Gasteiger partial charge in [-0.3, -0.25) is 28.8 Å². The van der Waals surface area contributed by atoms with Gasteiger partial charge in [-0.1, -0.05) is 245 Å². The van der Waals surface area contributed by atoms with E-state index in [1.54, 1.807) is 30.3 Å². The van der Waals surface area contributed by atoms with Crippen molar-refractivity contribution in [1.82, 2.24) is 51.9 Å². The summed E-state index contributed by atoms with van der Waals surface area (Å²) < 4.78 is 27.0. The highest BCUT2D eigenvalue weighted by Gasteiger charge is 2.36. The predicted molar refractivity (Wildman–Crippen MR) is 491 cm³/mol. The van der Waals surface area contributed by atoms with E-state index in [-0.39, 0.29) is 83.1 Å². The molecule has 11 N–H and O–H groups in total. The number of benzene rings is 10. The molecule has 0 radical (unpaired) electrons. The molecular formula is C103H119F2N13O6. The monoisotopic (exact) mass is 1670 g/mol. The first kappa shape index (κ1) is 92.6. The molecule has 0 spiro atoms. The maximum Gasteiger partial charge on any atom is 0.251 e. The summed E-state index contributed by atoms with van der Waals surface area (Å²) in [4.78, 5) is 85.7. The highest BCUT2D eigenvalue weighted by atomic mass is 19.1. The van der Waals surface area contributed by atoms with Crippen LogP contribution in [0.2, 0.25) is 0 Å². The predicted octanol–water partition coefficient (Wildman–Crippen LogP) is 14.2. The molecule has 6 atom stereocenters. The first-order chi connectivity index (χ1) is 60.5. The number of halogens is 2. The molecule has 646 valence electrons. The van der Waals surface area contributed by atoms with Gasteiger partial charge >= 0.3 is 0 Å². The van der Waals surface area contributed by atoms with Gasteiger partial charge in [0.1, 0.15) is 11.6 Å². The number of hydrogen-bond donors (Lipinski definition) is 9. The number of fused-ring (bicyclic) bond motifs is 1. The second-order valence-corrected chi connectivity index (χ2v) is 32.4. The Morgan fingerprint density at radius 3 is 1.22 bits per heavy atom. The molecule has 3 heterocycles. The second kappa shape index (κ2) is 49.2. The van der Waals surface area contributed by atoms with Gasteiger partial charge in [0.15, 0.2) is 0 Å². The van der Waals surface area contributed by atoms with Gasteiger partial charge in [-0.25, -0.2) is 8.78 Å².